The normalized spacial score (nSPS) is 11.5. The molecule has 0 unspecified atom stereocenters. The average Bonchev–Trinajstić information content (AvgIpc) is 2.14. The minimum absolute atomic E-state index is 0.0342. The zero-order valence-corrected chi connectivity index (χ0v) is 11.0. The zero-order valence-electron chi connectivity index (χ0n) is 7.24. The molecule has 15 heavy (non-hydrogen) atoms. The third-order valence-corrected chi connectivity index (χ3v) is 3.12. The van der Waals surface area contributed by atoms with Gasteiger partial charge in [0.25, 0.3) is 0 Å². The van der Waals surface area contributed by atoms with E-state index in [0.29, 0.717) is 0 Å². The molecule has 0 N–H and O–H groups in total. The lowest BCUT2D eigenvalue weighted by Crippen LogP contribution is -2.09. The van der Waals surface area contributed by atoms with Crippen molar-refractivity contribution in [2.45, 2.75) is 6.18 Å². The molecular weight excluding hydrogens is 388 g/mol. The van der Waals surface area contributed by atoms with Crippen LogP contribution in [0.2, 0.25) is 0 Å². The molecule has 1 aromatic carbocycles. The van der Waals surface area contributed by atoms with Crippen LogP contribution in [0.25, 0.3) is 0 Å². The van der Waals surface area contributed by atoms with Crippen LogP contribution in [-0.2, 0) is 6.18 Å². The number of Topliss-reactive ketones (excluding diaryl/α,β-unsaturated/α-hetero) is 1. The Bertz CT molecular complexity index is 389. The molecule has 0 bridgehead atoms. The number of carbonyl (C=O) groups excluding carboxylic acids is 1. The van der Waals surface area contributed by atoms with Crippen molar-refractivity contribution in [3.63, 3.8) is 0 Å². The molecule has 0 heterocycles. The number of carbonyl (C=O) groups is 1. The van der Waals surface area contributed by atoms with Gasteiger partial charge in [0.15, 0.2) is 5.78 Å². The standard InChI is InChI=1S/C9H5BrF3IO/c10-4-8(15)5-1-2-6(7(14)3-5)9(11,12)13/h1-3H,4H2. The molecule has 0 aliphatic rings. The van der Waals surface area contributed by atoms with E-state index in [1.165, 1.54) is 12.1 Å². The van der Waals surface area contributed by atoms with E-state index >= 15 is 0 Å². The van der Waals surface area contributed by atoms with Crippen molar-refractivity contribution in [1.29, 1.82) is 0 Å². The summed E-state index contributed by atoms with van der Waals surface area (Å²) in [7, 11) is 0. The molecule has 0 spiro atoms. The number of rotatable bonds is 2. The van der Waals surface area contributed by atoms with Crippen LogP contribution in [0.5, 0.6) is 0 Å². The molecule has 1 nitrogen and oxygen atoms in total. The Labute approximate surface area is 106 Å². The predicted molar refractivity (Wildman–Crippen MR) is 62.3 cm³/mol. The summed E-state index contributed by atoms with van der Waals surface area (Å²) in [5.41, 5.74) is -0.432. The average molecular weight is 393 g/mol. The number of ketones is 1. The van der Waals surface area contributed by atoms with Gasteiger partial charge in [0, 0.05) is 9.13 Å². The summed E-state index contributed by atoms with van der Waals surface area (Å²) in [6, 6.07) is 3.36. The van der Waals surface area contributed by atoms with Gasteiger partial charge in [-0.3, -0.25) is 4.79 Å². The molecule has 0 aliphatic heterocycles. The summed E-state index contributed by atoms with van der Waals surface area (Å²) in [5.74, 6) is -0.235. The first-order valence-electron chi connectivity index (χ1n) is 3.82. The Hall–Kier alpha value is -0.110. The lowest BCUT2D eigenvalue weighted by Gasteiger charge is -2.09. The summed E-state index contributed by atoms with van der Waals surface area (Å²) in [6.45, 7) is 0. The van der Waals surface area contributed by atoms with Crippen molar-refractivity contribution in [2.24, 2.45) is 0 Å². The van der Waals surface area contributed by atoms with Crippen LogP contribution in [0.3, 0.4) is 0 Å². The molecule has 1 aromatic rings. The van der Waals surface area contributed by atoms with E-state index in [1.807, 2.05) is 0 Å². The van der Waals surface area contributed by atoms with Gasteiger partial charge in [-0.15, -0.1) is 0 Å². The summed E-state index contributed by atoms with van der Waals surface area (Å²) < 4.78 is 37.1. The van der Waals surface area contributed by atoms with Crippen molar-refractivity contribution >= 4 is 44.3 Å². The van der Waals surface area contributed by atoms with Gasteiger partial charge in [0.05, 0.1) is 10.9 Å². The van der Waals surface area contributed by atoms with E-state index in [9.17, 15) is 18.0 Å². The lowest BCUT2D eigenvalue weighted by molar-refractivity contribution is -0.138. The quantitative estimate of drug-likeness (QED) is 0.424. The third kappa shape index (κ3) is 3.17. The minimum Gasteiger partial charge on any atom is -0.293 e. The van der Waals surface area contributed by atoms with Crippen LogP contribution in [0.15, 0.2) is 18.2 Å². The molecule has 0 saturated heterocycles. The first kappa shape index (κ1) is 13.0. The van der Waals surface area contributed by atoms with Crippen molar-refractivity contribution < 1.29 is 18.0 Å². The molecule has 0 radical (unpaired) electrons. The largest absolute Gasteiger partial charge is 0.417 e. The Balaban J connectivity index is 3.15. The Morgan fingerprint density at radius 3 is 2.40 bits per heavy atom. The van der Waals surface area contributed by atoms with Crippen LogP contribution in [0.4, 0.5) is 13.2 Å². The van der Waals surface area contributed by atoms with Crippen molar-refractivity contribution in [3.8, 4) is 0 Å². The van der Waals surface area contributed by atoms with Gasteiger partial charge in [-0.25, -0.2) is 0 Å². The van der Waals surface area contributed by atoms with E-state index in [0.717, 1.165) is 6.07 Å². The number of halogens is 5. The number of hydrogen-bond acceptors (Lipinski definition) is 1. The molecule has 0 aliphatic carbocycles. The molecule has 82 valence electrons. The highest BCUT2D eigenvalue weighted by atomic mass is 127. The van der Waals surface area contributed by atoms with Crippen molar-refractivity contribution in [1.82, 2.24) is 0 Å². The highest BCUT2D eigenvalue weighted by molar-refractivity contribution is 14.1. The van der Waals surface area contributed by atoms with Gasteiger partial charge in [0.2, 0.25) is 0 Å². The topological polar surface area (TPSA) is 17.1 Å². The summed E-state index contributed by atoms with van der Waals surface area (Å²) in [4.78, 5) is 11.2. The molecule has 1 rings (SSSR count). The van der Waals surface area contributed by atoms with Crippen LogP contribution < -0.4 is 0 Å². The SMILES string of the molecule is O=C(CBr)c1ccc(C(F)(F)F)c(I)c1. The van der Waals surface area contributed by atoms with Crippen LogP contribution >= 0.6 is 38.5 Å². The van der Waals surface area contributed by atoms with E-state index in [-0.39, 0.29) is 20.2 Å². The van der Waals surface area contributed by atoms with Crippen molar-refractivity contribution in [3.05, 3.63) is 32.9 Å². The Kier molecular flexibility index (Phi) is 4.16. The fourth-order valence-corrected chi connectivity index (χ4v) is 2.14. The van der Waals surface area contributed by atoms with E-state index in [4.69, 9.17) is 0 Å². The highest BCUT2D eigenvalue weighted by Gasteiger charge is 2.32. The van der Waals surface area contributed by atoms with Crippen LogP contribution in [0, 0.1) is 3.57 Å². The maximum absolute atomic E-state index is 12.4. The van der Waals surface area contributed by atoms with E-state index in [2.05, 4.69) is 15.9 Å². The maximum Gasteiger partial charge on any atom is 0.417 e. The molecule has 6 heteroatoms. The lowest BCUT2D eigenvalue weighted by atomic mass is 10.1. The fraction of sp³-hybridized carbons (Fsp3) is 0.222. The maximum atomic E-state index is 12.4. The molecule has 0 saturated carbocycles. The van der Waals surface area contributed by atoms with E-state index in [1.54, 1.807) is 22.6 Å². The summed E-state index contributed by atoms with van der Waals surface area (Å²) >= 11 is 4.53. The van der Waals surface area contributed by atoms with E-state index < -0.39 is 11.7 Å². The smallest absolute Gasteiger partial charge is 0.293 e. The van der Waals surface area contributed by atoms with Gasteiger partial charge < -0.3 is 0 Å². The fourth-order valence-electron chi connectivity index (χ4n) is 0.996. The van der Waals surface area contributed by atoms with Crippen molar-refractivity contribution in [2.75, 3.05) is 5.33 Å². The Morgan fingerprint density at radius 1 is 1.40 bits per heavy atom. The molecule has 0 aromatic heterocycles. The first-order chi connectivity index (χ1) is 6.86. The molecule has 0 amide bonds. The predicted octanol–water partition coefficient (Wildman–Crippen LogP) is 3.89. The van der Waals surface area contributed by atoms with Gasteiger partial charge in [-0.05, 0) is 34.7 Å². The highest BCUT2D eigenvalue weighted by Crippen LogP contribution is 2.33. The van der Waals surface area contributed by atoms with Gasteiger partial charge in [-0.2, -0.15) is 13.2 Å². The van der Waals surface area contributed by atoms with Gasteiger partial charge in [-0.1, -0.05) is 22.0 Å². The zero-order chi connectivity index (χ0) is 11.6. The monoisotopic (exact) mass is 392 g/mol. The first-order valence-corrected chi connectivity index (χ1v) is 6.02. The Morgan fingerprint density at radius 2 is 2.00 bits per heavy atom. The molecule has 0 fully saturated rings. The number of benzene rings is 1. The molecular formula is C9H5BrF3IO. The minimum atomic E-state index is -4.37. The third-order valence-electron chi connectivity index (χ3n) is 1.72. The van der Waals surface area contributed by atoms with Crippen LogP contribution in [0.1, 0.15) is 15.9 Å². The summed E-state index contributed by atoms with van der Waals surface area (Å²) in [6.07, 6.45) is -4.37. The summed E-state index contributed by atoms with van der Waals surface area (Å²) in [5, 5.41) is 0.106. The van der Waals surface area contributed by atoms with Crippen LogP contribution in [-0.4, -0.2) is 11.1 Å². The second-order valence-corrected chi connectivity index (χ2v) is 4.47. The number of hydrogen-bond donors (Lipinski definition) is 0. The van der Waals surface area contributed by atoms with Gasteiger partial charge >= 0.3 is 6.18 Å². The second kappa shape index (κ2) is 4.82. The number of alkyl halides is 4. The second-order valence-electron chi connectivity index (χ2n) is 2.75. The molecule has 0 atom stereocenters. The van der Waals surface area contributed by atoms with Gasteiger partial charge in [0.1, 0.15) is 0 Å².